The van der Waals surface area contributed by atoms with Crippen LogP contribution in [0.2, 0.25) is 5.15 Å². The van der Waals surface area contributed by atoms with Crippen molar-refractivity contribution in [1.29, 1.82) is 0 Å². The van der Waals surface area contributed by atoms with Gasteiger partial charge in [-0.25, -0.2) is 9.97 Å². The van der Waals surface area contributed by atoms with Crippen molar-refractivity contribution in [3.05, 3.63) is 21.6 Å². The van der Waals surface area contributed by atoms with Crippen molar-refractivity contribution in [3.8, 4) is 0 Å². The lowest BCUT2D eigenvalue weighted by Crippen LogP contribution is -2.19. The Morgan fingerprint density at radius 1 is 1.56 bits per heavy atom. The molecule has 0 amide bonds. The molecule has 2 rings (SSSR count). The highest BCUT2D eigenvalue weighted by Crippen LogP contribution is 2.39. The maximum atomic E-state index is 10.9. The van der Waals surface area contributed by atoms with Crippen LogP contribution in [-0.4, -0.2) is 20.9 Å². The lowest BCUT2D eigenvalue weighted by Gasteiger charge is -2.18. The molecule has 1 aliphatic rings. The van der Waals surface area contributed by atoms with E-state index in [1.54, 1.807) is 0 Å². The second-order valence-electron chi connectivity index (χ2n) is 5.37. The topological polar surface area (TPSA) is 81.0 Å². The molecule has 1 aliphatic carbocycles. The van der Waals surface area contributed by atoms with Crippen LogP contribution in [0, 0.1) is 15.5 Å². The molecule has 1 N–H and O–H groups in total. The first-order valence-corrected chi connectivity index (χ1v) is 6.18. The molecule has 0 spiro atoms. The van der Waals surface area contributed by atoms with E-state index in [0.717, 1.165) is 19.3 Å². The molecule has 0 aliphatic heterocycles. The van der Waals surface area contributed by atoms with Crippen LogP contribution < -0.4 is 5.32 Å². The molecule has 1 saturated carbocycles. The van der Waals surface area contributed by atoms with Gasteiger partial charge in [-0.05, 0) is 24.7 Å². The number of rotatable bonds is 3. The first-order chi connectivity index (χ1) is 8.39. The van der Waals surface area contributed by atoms with Gasteiger partial charge < -0.3 is 5.32 Å². The van der Waals surface area contributed by atoms with E-state index in [9.17, 15) is 10.1 Å². The second kappa shape index (κ2) is 4.68. The first-order valence-electron chi connectivity index (χ1n) is 5.80. The van der Waals surface area contributed by atoms with Gasteiger partial charge in [0.2, 0.25) is 11.0 Å². The number of hydrogen-bond donors (Lipinski definition) is 1. The Morgan fingerprint density at radius 2 is 2.28 bits per heavy atom. The van der Waals surface area contributed by atoms with Crippen LogP contribution in [0.25, 0.3) is 0 Å². The molecule has 1 fully saturated rings. The van der Waals surface area contributed by atoms with Crippen molar-refractivity contribution in [2.24, 2.45) is 5.41 Å². The molecular formula is C11H15ClN4O2. The van der Waals surface area contributed by atoms with Gasteiger partial charge in [0.05, 0.1) is 4.92 Å². The molecule has 1 aromatic rings. The molecule has 7 heteroatoms. The lowest BCUT2D eigenvalue weighted by atomic mass is 9.92. The van der Waals surface area contributed by atoms with Crippen molar-refractivity contribution in [1.82, 2.24) is 9.97 Å². The van der Waals surface area contributed by atoms with Crippen molar-refractivity contribution in [2.75, 3.05) is 5.32 Å². The van der Waals surface area contributed by atoms with E-state index in [-0.39, 0.29) is 28.1 Å². The van der Waals surface area contributed by atoms with Gasteiger partial charge in [0.15, 0.2) is 0 Å². The van der Waals surface area contributed by atoms with Crippen LogP contribution in [0.4, 0.5) is 11.5 Å². The zero-order valence-corrected chi connectivity index (χ0v) is 11.1. The molecule has 0 saturated heterocycles. The SMILES string of the molecule is CC1(C)CCC(Nc2ncnc(Cl)c2[N+](=O)[O-])C1. The van der Waals surface area contributed by atoms with Crippen LogP contribution in [0.5, 0.6) is 0 Å². The summed E-state index contributed by atoms with van der Waals surface area (Å²) in [4.78, 5) is 18.0. The van der Waals surface area contributed by atoms with E-state index >= 15 is 0 Å². The summed E-state index contributed by atoms with van der Waals surface area (Å²) >= 11 is 5.73. The number of aromatic nitrogens is 2. The Balaban J connectivity index is 2.20. The van der Waals surface area contributed by atoms with Crippen molar-refractivity contribution < 1.29 is 4.92 Å². The van der Waals surface area contributed by atoms with Gasteiger partial charge in [0.1, 0.15) is 6.33 Å². The molecule has 18 heavy (non-hydrogen) atoms. The van der Waals surface area contributed by atoms with E-state index in [1.165, 1.54) is 6.33 Å². The summed E-state index contributed by atoms with van der Waals surface area (Å²) in [7, 11) is 0. The lowest BCUT2D eigenvalue weighted by molar-refractivity contribution is -0.384. The highest BCUT2D eigenvalue weighted by molar-refractivity contribution is 6.31. The number of nitro groups is 1. The smallest absolute Gasteiger partial charge is 0.348 e. The number of anilines is 1. The summed E-state index contributed by atoms with van der Waals surface area (Å²) < 4.78 is 0. The number of hydrogen-bond acceptors (Lipinski definition) is 5. The van der Waals surface area contributed by atoms with E-state index in [4.69, 9.17) is 11.6 Å². The average molecular weight is 271 g/mol. The summed E-state index contributed by atoms with van der Waals surface area (Å²) in [5.41, 5.74) is 0.0207. The zero-order valence-electron chi connectivity index (χ0n) is 10.3. The minimum absolute atomic E-state index is 0.130. The third-order valence-corrected chi connectivity index (χ3v) is 3.55. The fourth-order valence-corrected chi connectivity index (χ4v) is 2.58. The maximum absolute atomic E-state index is 10.9. The average Bonchev–Trinajstić information content (AvgIpc) is 2.57. The third kappa shape index (κ3) is 2.69. The second-order valence-corrected chi connectivity index (χ2v) is 5.73. The van der Waals surface area contributed by atoms with Gasteiger partial charge in [0.25, 0.3) is 0 Å². The van der Waals surface area contributed by atoms with Gasteiger partial charge >= 0.3 is 5.69 Å². The molecule has 6 nitrogen and oxygen atoms in total. The van der Waals surface area contributed by atoms with Crippen molar-refractivity contribution in [2.45, 2.75) is 39.2 Å². The minimum Gasteiger partial charge on any atom is -0.361 e. The normalized spacial score (nSPS) is 21.8. The molecule has 0 aromatic carbocycles. The fourth-order valence-electron chi connectivity index (χ4n) is 2.38. The molecule has 1 aromatic heterocycles. The largest absolute Gasteiger partial charge is 0.361 e. The number of nitrogens with one attached hydrogen (secondary N) is 1. The third-order valence-electron chi connectivity index (χ3n) is 3.27. The Kier molecular flexibility index (Phi) is 3.38. The summed E-state index contributed by atoms with van der Waals surface area (Å²) in [6, 6.07) is 0.199. The van der Waals surface area contributed by atoms with Gasteiger partial charge in [-0.2, -0.15) is 0 Å². The Bertz CT molecular complexity index is 478. The van der Waals surface area contributed by atoms with E-state index in [2.05, 4.69) is 29.1 Å². The van der Waals surface area contributed by atoms with Gasteiger partial charge in [-0.1, -0.05) is 25.4 Å². The molecule has 1 unspecified atom stereocenters. The van der Waals surface area contributed by atoms with Crippen LogP contribution >= 0.6 is 11.6 Å². The zero-order chi connectivity index (χ0) is 13.3. The predicted molar refractivity (Wildman–Crippen MR) is 68.7 cm³/mol. The van der Waals surface area contributed by atoms with Gasteiger partial charge in [0, 0.05) is 6.04 Å². The molecule has 1 atom stereocenters. The van der Waals surface area contributed by atoms with Crippen LogP contribution in [0.1, 0.15) is 33.1 Å². The summed E-state index contributed by atoms with van der Waals surface area (Å²) in [6.45, 7) is 4.38. The molecular weight excluding hydrogens is 256 g/mol. The summed E-state index contributed by atoms with van der Waals surface area (Å²) in [5.74, 6) is 0.211. The fraction of sp³-hybridized carbons (Fsp3) is 0.636. The molecule has 98 valence electrons. The van der Waals surface area contributed by atoms with E-state index in [0.29, 0.717) is 0 Å². The first kappa shape index (κ1) is 13.0. The van der Waals surface area contributed by atoms with Gasteiger partial charge in [-0.3, -0.25) is 10.1 Å². The van der Waals surface area contributed by atoms with Crippen LogP contribution in [0.3, 0.4) is 0 Å². The predicted octanol–water partition coefficient (Wildman–Crippen LogP) is 3.03. The van der Waals surface area contributed by atoms with Crippen LogP contribution in [0.15, 0.2) is 6.33 Å². The Labute approximate surface area is 110 Å². The highest BCUT2D eigenvalue weighted by Gasteiger charge is 2.33. The molecule has 0 bridgehead atoms. The Hall–Kier alpha value is -1.43. The quantitative estimate of drug-likeness (QED) is 0.519. The number of nitrogens with zero attached hydrogens (tertiary/aromatic N) is 3. The maximum Gasteiger partial charge on any atom is 0.348 e. The van der Waals surface area contributed by atoms with Crippen molar-refractivity contribution >= 4 is 23.1 Å². The summed E-state index contributed by atoms with van der Waals surface area (Å²) in [6.07, 6.45) is 4.27. The summed E-state index contributed by atoms with van der Waals surface area (Å²) in [5, 5.41) is 13.9. The van der Waals surface area contributed by atoms with Gasteiger partial charge in [-0.15, -0.1) is 0 Å². The molecule has 1 heterocycles. The highest BCUT2D eigenvalue weighted by atomic mass is 35.5. The molecule has 0 radical (unpaired) electrons. The standard InChI is InChI=1S/C11H15ClN4O2/c1-11(2)4-3-7(5-11)15-10-8(16(17)18)9(12)13-6-14-10/h6-7H,3-5H2,1-2H3,(H,13,14,15). The number of halogens is 1. The van der Waals surface area contributed by atoms with Crippen LogP contribution in [-0.2, 0) is 0 Å². The van der Waals surface area contributed by atoms with E-state index in [1.807, 2.05) is 0 Å². The Morgan fingerprint density at radius 3 is 2.83 bits per heavy atom. The minimum atomic E-state index is -0.551. The monoisotopic (exact) mass is 270 g/mol. The van der Waals surface area contributed by atoms with E-state index < -0.39 is 4.92 Å². The van der Waals surface area contributed by atoms with Crippen molar-refractivity contribution in [3.63, 3.8) is 0 Å².